The van der Waals surface area contributed by atoms with Gasteiger partial charge in [-0.25, -0.2) is 9.69 Å². The van der Waals surface area contributed by atoms with E-state index in [1.54, 1.807) is 42.5 Å². The van der Waals surface area contributed by atoms with E-state index >= 15 is 4.79 Å². The summed E-state index contributed by atoms with van der Waals surface area (Å²) in [6.45, 7) is 6.61. The number of ether oxygens (including phenoxy) is 1. The van der Waals surface area contributed by atoms with Gasteiger partial charge in [-0.05, 0) is 60.4 Å². The van der Waals surface area contributed by atoms with E-state index in [0.29, 0.717) is 29.4 Å². The quantitative estimate of drug-likeness (QED) is 0.122. The van der Waals surface area contributed by atoms with Crippen LogP contribution in [0.2, 0.25) is 0 Å². The molecule has 0 radical (unpaired) electrons. The van der Waals surface area contributed by atoms with Gasteiger partial charge in [-0.3, -0.25) is 14.4 Å². The molecule has 3 aromatic rings. The van der Waals surface area contributed by atoms with Crippen LogP contribution in [0.3, 0.4) is 0 Å². The number of benzene rings is 3. The number of amides is 3. The van der Waals surface area contributed by atoms with Gasteiger partial charge in [-0.2, -0.15) is 0 Å². The minimum absolute atomic E-state index is 0.00892. The summed E-state index contributed by atoms with van der Waals surface area (Å²) in [6, 6.07) is 19.4. The summed E-state index contributed by atoms with van der Waals surface area (Å²) in [5.41, 5.74) is 5.25. The fourth-order valence-corrected chi connectivity index (χ4v) is 6.21. The van der Waals surface area contributed by atoms with E-state index in [2.05, 4.69) is 5.32 Å². The molecule has 0 saturated carbocycles. The number of aliphatic hydroxyl groups excluding tert-OH is 2. The topological polar surface area (TPSA) is 179 Å². The van der Waals surface area contributed by atoms with E-state index in [1.165, 1.54) is 6.92 Å². The Kier molecular flexibility index (Phi) is 14.7. The van der Waals surface area contributed by atoms with Gasteiger partial charge in [0.2, 0.25) is 5.91 Å². The lowest BCUT2D eigenvalue weighted by molar-refractivity contribution is -0.149. The number of nitrogens with zero attached hydrogens (tertiary/aromatic N) is 1. The molecule has 5 atom stereocenters. The summed E-state index contributed by atoms with van der Waals surface area (Å²) in [4.78, 5) is 56.4. The molecule has 0 aliphatic carbocycles. The van der Waals surface area contributed by atoms with E-state index < -0.39 is 53.5 Å². The van der Waals surface area contributed by atoms with Gasteiger partial charge < -0.3 is 31.1 Å². The Morgan fingerprint density at radius 2 is 1.59 bits per heavy atom. The van der Waals surface area contributed by atoms with Gasteiger partial charge in [0.15, 0.2) is 5.54 Å². The van der Waals surface area contributed by atoms with Crippen molar-refractivity contribution < 1.29 is 39.2 Å². The molecule has 0 saturated heterocycles. The lowest BCUT2D eigenvalue weighted by Gasteiger charge is -2.43. The molecular weight excluding hydrogens is 626 g/mol. The number of carboxylic acids is 1. The van der Waals surface area contributed by atoms with Gasteiger partial charge in [0.05, 0.1) is 24.1 Å². The van der Waals surface area contributed by atoms with Crippen LogP contribution < -0.4 is 11.1 Å². The molecule has 0 bridgehead atoms. The van der Waals surface area contributed by atoms with Crippen LogP contribution in [-0.2, 0) is 31.3 Å². The van der Waals surface area contributed by atoms with Gasteiger partial charge >= 0.3 is 12.1 Å². The molecule has 2 unspecified atom stereocenters. The molecule has 0 aliphatic heterocycles. The molecule has 266 valence electrons. The molecule has 0 heterocycles. The standard InChI is InChI=1S/C38H51N3O8/c1-5-6-20-38(31-18-12-16-28-15-10-11-17-30(28)31,41(34(44)26(4)39)37(48)49-24-27-13-8-7-9-14-27)36(47)40-32(22-25(2)3)33(43)23-29(19-21-42)35(45)46/h7-18,25-26,29,32-33,42-43H,5-6,19-24,39H2,1-4H3,(H,40,47)(H,45,46)/t26-,29?,32-,33?,38+/m0/s1. The zero-order valence-corrected chi connectivity index (χ0v) is 28.9. The molecule has 0 aromatic heterocycles. The van der Waals surface area contributed by atoms with E-state index in [-0.39, 0.29) is 44.8 Å². The van der Waals surface area contributed by atoms with Crippen molar-refractivity contribution in [3.8, 4) is 0 Å². The minimum atomic E-state index is -1.98. The van der Waals surface area contributed by atoms with E-state index in [0.717, 1.165) is 10.3 Å². The number of nitrogens with two attached hydrogens (primary N) is 1. The van der Waals surface area contributed by atoms with E-state index in [9.17, 15) is 29.7 Å². The Bertz CT molecular complexity index is 1540. The number of imide groups is 1. The summed E-state index contributed by atoms with van der Waals surface area (Å²) in [5.74, 6) is -3.83. The second kappa shape index (κ2) is 18.4. The third-order valence-electron chi connectivity index (χ3n) is 8.74. The maximum absolute atomic E-state index is 15.2. The number of hydrogen-bond donors (Lipinski definition) is 5. The molecule has 0 fully saturated rings. The van der Waals surface area contributed by atoms with E-state index in [1.807, 2.05) is 51.1 Å². The van der Waals surface area contributed by atoms with Crippen LogP contribution in [0, 0.1) is 11.8 Å². The Balaban J connectivity index is 2.27. The Morgan fingerprint density at radius 3 is 2.20 bits per heavy atom. The zero-order chi connectivity index (χ0) is 36.1. The SMILES string of the molecule is CCCC[C@](C(=O)N[C@@H](CC(C)C)C(O)CC(CCO)C(=O)O)(c1cccc2ccccc12)N(C(=O)OCc1ccccc1)C(=O)[C@H](C)N. The van der Waals surface area contributed by atoms with Crippen molar-refractivity contribution in [2.24, 2.45) is 17.6 Å². The van der Waals surface area contributed by atoms with Crippen LogP contribution in [0.1, 0.15) is 77.3 Å². The molecule has 0 aliphatic rings. The number of carbonyl (C=O) groups is 4. The molecule has 3 aromatic carbocycles. The smallest absolute Gasteiger partial charge is 0.418 e. The molecule has 49 heavy (non-hydrogen) atoms. The highest BCUT2D eigenvalue weighted by Gasteiger charge is 2.53. The highest BCUT2D eigenvalue weighted by molar-refractivity contribution is 6.05. The van der Waals surface area contributed by atoms with E-state index in [4.69, 9.17) is 10.5 Å². The summed E-state index contributed by atoms with van der Waals surface area (Å²) < 4.78 is 5.75. The molecule has 6 N–H and O–H groups in total. The molecule has 3 rings (SSSR count). The van der Waals surface area contributed by atoms with Crippen molar-refractivity contribution in [1.82, 2.24) is 10.2 Å². The number of unbranched alkanes of at least 4 members (excludes halogenated alkanes) is 1. The average molecular weight is 678 g/mol. The predicted molar refractivity (Wildman–Crippen MR) is 187 cm³/mol. The molecule has 0 spiro atoms. The number of nitrogens with one attached hydrogen (secondary N) is 1. The van der Waals surface area contributed by atoms with Crippen molar-refractivity contribution in [3.05, 3.63) is 83.9 Å². The third kappa shape index (κ3) is 9.87. The number of fused-ring (bicyclic) bond motifs is 1. The van der Waals surface area contributed by atoms with Crippen LogP contribution in [-0.4, -0.2) is 68.9 Å². The lowest BCUT2D eigenvalue weighted by atomic mass is 9.78. The monoisotopic (exact) mass is 677 g/mol. The maximum atomic E-state index is 15.2. The molecular formula is C38H51N3O8. The molecule has 11 nitrogen and oxygen atoms in total. The van der Waals surface area contributed by atoms with Crippen molar-refractivity contribution >= 4 is 34.6 Å². The Hall–Kier alpha value is -4.32. The number of hydrogen-bond acceptors (Lipinski definition) is 8. The van der Waals surface area contributed by atoms with Crippen molar-refractivity contribution in [1.29, 1.82) is 0 Å². The Morgan fingerprint density at radius 1 is 0.939 bits per heavy atom. The summed E-state index contributed by atoms with van der Waals surface area (Å²) in [5, 5.41) is 35.0. The number of carboxylic acid groups (broad SMARTS) is 1. The molecule has 3 amide bonds. The fraction of sp³-hybridized carbons (Fsp3) is 0.474. The van der Waals surface area contributed by atoms with Gasteiger partial charge in [0.25, 0.3) is 5.91 Å². The fourth-order valence-electron chi connectivity index (χ4n) is 6.21. The van der Waals surface area contributed by atoms with Gasteiger partial charge in [-0.1, -0.05) is 106 Å². The van der Waals surface area contributed by atoms with Crippen LogP contribution in [0.4, 0.5) is 4.79 Å². The normalized spacial score (nSPS) is 15.1. The Labute approximate surface area is 288 Å². The number of aliphatic carboxylic acids is 1. The highest BCUT2D eigenvalue weighted by Crippen LogP contribution is 2.40. The highest BCUT2D eigenvalue weighted by atomic mass is 16.6. The summed E-state index contributed by atoms with van der Waals surface area (Å²) in [6.07, 6.45) is -1.38. The first-order valence-electron chi connectivity index (χ1n) is 17.0. The number of rotatable bonds is 18. The van der Waals surface area contributed by atoms with Crippen molar-refractivity contribution in [2.45, 2.75) is 96.6 Å². The molecule has 11 heteroatoms. The van der Waals surface area contributed by atoms with Gasteiger partial charge in [0, 0.05) is 6.61 Å². The van der Waals surface area contributed by atoms with Gasteiger partial charge in [-0.15, -0.1) is 0 Å². The maximum Gasteiger partial charge on any atom is 0.418 e. The lowest BCUT2D eigenvalue weighted by Crippen LogP contribution is -2.64. The van der Waals surface area contributed by atoms with Crippen molar-refractivity contribution in [2.75, 3.05) is 6.61 Å². The second-order valence-electron chi connectivity index (χ2n) is 13.1. The van der Waals surface area contributed by atoms with Crippen LogP contribution in [0.5, 0.6) is 0 Å². The third-order valence-corrected chi connectivity index (χ3v) is 8.74. The van der Waals surface area contributed by atoms with Crippen LogP contribution in [0.15, 0.2) is 72.8 Å². The second-order valence-corrected chi connectivity index (χ2v) is 13.1. The summed E-state index contributed by atoms with van der Waals surface area (Å²) >= 11 is 0. The first kappa shape index (κ1) is 39.1. The summed E-state index contributed by atoms with van der Waals surface area (Å²) in [7, 11) is 0. The average Bonchev–Trinajstić information content (AvgIpc) is 3.08. The zero-order valence-electron chi connectivity index (χ0n) is 28.9. The van der Waals surface area contributed by atoms with Crippen LogP contribution >= 0.6 is 0 Å². The predicted octanol–water partition coefficient (Wildman–Crippen LogP) is 5.10. The van der Waals surface area contributed by atoms with Crippen molar-refractivity contribution in [3.63, 3.8) is 0 Å². The number of aliphatic hydroxyl groups is 2. The van der Waals surface area contributed by atoms with Gasteiger partial charge in [0.1, 0.15) is 6.61 Å². The first-order chi connectivity index (χ1) is 23.4. The number of carbonyl (C=O) groups excluding carboxylic acids is 3. The largest absolute Gasteiger partial charge is 0.481 e. The van der Waals surface area contributed by atoms with Crippen LogP contribution in [0.25, 0.3) is 10.8 Å². The minimum Gasteiger partial charge on any atom is -0.481 e. The first-order valence-corrected chi connectivity index (χ1v) is 17.0.